The van der Waals surface area contributed by atoms with Gasteiger partial charge in [0, 0.05) is 30.3 Å². The first-order chi connectivity index (χ1) is 6.44. The molecule has 1 atom stereocenters. The Labute approximate surface area is 85.9 Å². The van der Waals surface area contributed by atoms with Gasteiger partial charge >= 0.3 is 0 Å². The number of carbonyl (C=O) groups is 1. The van der Waals surface area contributed by atoms with Gasteiger partial charge in [0.2, 0.25) is 0 Å². The molecule has 3 heteroatoms. The Bertz CT molecular complexity index is 340. The molecular formula is C11H18O2S. The molecule has 1 aliphatic carbocycles. The third-order valence-corrected chi connectivity index (χ3v) is 6.86. The van der Waals surface area contributed by atoms with E-state index >= 15 is 0 Å². The van der Waals surface area contributed by atoms with Crippen LogP contribution in [0.1, 0.15) is 25.7 Å². The SMILES string of the molecule is CS(C)(=O)(CCC=O)C1CC#CCC1. The van der Waals surface area contributed by atoms with Gasteiger partial charge in [-0.15, -0.1) is 11.8 Å². The summed E-state index contributed by atoms with van der Waals surface area (Å²) in [5.74, 6) is 6.57. The zero-order valence-electron chi connectivity index (χ0n) is 8.91. The van der Waals surface area contributed by atoms with Gasteiger partial charge in [-0.2, -0.15) is 0 Å². The average Bonchev–Trinajstić information content (AvgIpc) is 2.16. The molecule has 0 aromatic carbocycles. The van der Waals surface area contributed by atoms with Crippen molar-refractivity contribution in [2.24, 2.45) is 0 Å². The van der Waals surface area contributed by atoms with Crippen molar-refractivity contribution in [3.63, 3.8) is 0 Å². The first-order valence-electron chi connectivity index (χ1n) is 4.93. The van der Waals surface area contributed by atoms with Crippen LogP contribution in [0, 0.1) is 11.8 Å². The number of hydrogen-bond acceptors (Lipinski definition) is 2. The van der Waals surface area contributed by atoms with E-state index in [4.69, 9.17) is 0 Å². The maximum Gasteiger partial charge on any atom is 0.120 e. The third kappa shape index (κ3) is 2.68. The van der Waals surface area contributed by atoms with Crippen LogP contribution in [-0.2, 0) is 13.9 Å². The molecule has 80 valence electrons. The van der Waals surface area contributed by atoms with Crippen molar-refractivity contribution in [1.29, 1.82) is 0 Å². The second-order valence-electron chi connectivity index (χ2n) is 4.55. The largest absolute Gasteiger partial charge is 0.303 e. The summed E-state index contributed by atoms with van der Waals surface area (Å²) in [6.07, 6.45) is 7.43. The van der Waals surface area contributed by atoms with Gasteiger partial charge in [-0.1, -0.05) is 9.07 Å². The van der Waals surface area contributed by atoms with Gasteiger partial charge in [-0.3, -0.25) is 4.21 Å². The summed E-state index contributed by atoms with van der Waals surface area (Å²) in [5, 5.41) is 0.188. The van der Waals surface area contributed by atoms with Crippen LogP contribution in [-0.4, -0.2) is 34.0 Å². The molecule has 2 nitrogen and oxygen atoms in total. The van der Waals surface area contributed by atoms with Gasteiger partial charge in [-0.25, -0.2) is 0 Å². The molecule has 0 N–H and O–H groups in total. The molecule has 14 heavy (non-hydrogen) atoms. The fourth-order valence-electron chi connectivity index (χ4n) is 1.80. The Kier molecular flexibility index (Phi) is 3.16. The van der Waals surface area contributed by atoms with Crippen molar-refractivity contribution >= 4 is 15.4 Å². The Balaban J connectivity index is 2.76. The highest BCUT2D eigenvalue weighted by molar-refractivity contribution is 8.19. The summed E-state index contributed by atoms with van der Waals surface area (Å²) in [7, 11) is -2.62. The van der Waals surface area contributed by atoms with Crippen molar-refractivity contribution in [1.82, 2.24) is 0 Å². The van der Waals surface area contributed by atoms with Crippen LogP contribution in [0.25, 0.3) is 0 Å². The maximum absolute atomic E-state index is 12.7. The molecule has 1 rings (SSSR count). The summed E-state index contributed by atoms with van der Waals surface area (Å²) in [5.41, 5.74) is 0. The van der Waals surface area contributed by atoms with Crippen LogP contribution in [0.4, 0.5) is 0 Å². The average molecular weight is 214 g/mol. The number of rotatable bonds is 4. The molecule has 0 aromatic heterocycles. The van der Waals surface area contributed by atoms with E-state index in [1.807, 2.05) is 12.5 Å². The fraction of sp³-hybridized carbons (Fsp3) is 0.727. The molecule has 0 radical (unpaired) electrons. The van der Waals surface area contributed by atoms with Crippen molar-refractivity contribution in [2.75, 3.05) is 18.3 Å². The van der Waals surface area contributed by atoms with Gasteiger partial charge in [0.25, 0.3) is 0 Å². The lowest BCUT2D eigenvalue weighted by Crippen LogP contribution is -2.46. The minimum Gasteiger partial charge on any atom is -0.303 e. The molecule has 0 amide bonds. The highest BCUT2D eigenvalue weighted by Gasteiger charge is 2.35. The van der Waals surface area contributed by atoms with Crippen LogP contribution in [0.5, 0.6) is 0 Å². The fourth-order valence-corrected chi connectivity index (χ4v) is 4.39. The zero-order chi connectivity index (χ0) is 10.7. The first kappa shape index (κ1) is 11.5. The smallest absolute Gasteiger partial charge is 0.120 e. The Morgan fingerprint density at radius 1 is 1.43 bits per heavy atom. The van der Waals surface area contributed by atoms with E-state index < -0.39 is 9.07 Å². The van der Waals surface area contributed by atoms with E-state index in [2.05, 4.69) is 11.8 Å². The normalized spacial score (nSPS) is 24.1. The third-order valence-electron chi connectivity index (χ3n) is 2.93. The van der Waals surface area contributed by atoms with Crippen molar-refractivity contribution in [3.8, 4) is 11.8 Å². The van der Waals surface area contributed by atoms with Gasteiger partial charge in [0.05, 0.1) is 0 Å². The van der Waals surface area contributed by atoms with Crippen LogP contribution in [0.2, 0.25) is 0 Å². The van der Waals surface area contributed by atoms with Crippen molar-refractivity contribution in [3.05, 3.63) is 0 Å². The Morgan fingerprint density at radius 2 is 2.14 bits per heavy atom. The molecule has 0 spiro atoms. The number of carbonyl (C=O) groups excluding carboxylic acids is 1. The van der Waals surface area contributed by atoms with Crippen molar-refractivity contribution in [2.45, 2.75) is 30.9 Å². The van der Waals surface area contributed by atoms with Crippen LogP contribution >= 0.6 is 0 Å². The summed E-state index contributed by atoms with van der Waals surface area (Å²) in [4.78, 5) is 10.3. The predicted molar refractivity (Wildman–Crippen MR) is 61.0 cm³/mol. The molecule has 0 heterocycles. The topological polar surface area (TPSA) is 34.1 Å². The van der Waals surface area contributed by atoms with Gasteiger partial charge in [0.15, 0.2) is 0 Å². The first-order valence-corrected chi connectivity index (χ1v) is 7.94. The lowest BCUT2D eigenvalue weighted by molar-refractivity contribution is -0.107. The standard InChI is InChI=1S/C11H18O2S/c1-14(2,13,10-6-9-12)11-7-4-3-5-8-11/h9,11H,4,6-8,10H2,1-2H3. The molecule has 0 fully saturated rings. The van der Waals surface area contributed by atoms with Gasteiger partial charge in [-0.05, 0) is 18.9 Å². The van der Waals surface area contributed by atoms with E-state index in [1.165, 1.54) is 0 Å². The Hall–Kier alpha value is -0.620. The maximum atomic E-state index is 12.7. The van der Waals surface area contributed by atoms with E-state index in [9.17, 15) is 9.00 Å². The summed E-state index contributed by atoms with van der Waals surface area (Å²) >= 11 is 0. The highest BCUT2D eigenvalue weighted by Crippen LogP contribution is 2.32. The van der Waals surface area contributed by atoms with E-state index in [0.717, 1.165) is 25.5 Å². The number of aldehydes is 1. The quantitative estimate of drug-likeness (QED) is 0.521. The lowest BCUT2D eigenvalue weighted by atomic mass is 10.1. The predicted octanol–water partition coefficient (Wildman–Crippen LogP) is 1.21. The molecule has 1 aliphatic rings. The molecule has 0 aromatic rings. The highest BCUT2D eigenvalue weighted by atomic mass is 32.3. The van der Waals surface area contributed by atoms with E-state index in [0.29, 0.717) is 12.2 Å². The number of hydrogen-bond donors (Lipinski definition) is 0. The minimum atomic E-state index is -2.62. The van der Waals surface area contributed by atoms with E-state index in [-0.39, 0.29) is 5.25 Å². The van der Waals surface area contributed by atoms with Crippen LogP contribution in [0.15, 0.2) is 0 Å². The Morgan fingerprint density at radius 3 is 2.64 bits per heavy atom. The molecule has 0 saturated carbocycles. The van der Waals surface area contributed by atoms with Gasteiger partial charge in [0.1, 0.15) is 6.29 Å². The van der Waals surface area contributed by atoms with Crippen molar-refractivity contribution < 1.29 is 9.00 Å². The minimum absolute atomic E-state index is 0.188. The molecular weight excluding hydrogens is 196 g/mol. The molecule has 0 bridgehead atoms. The van der Waals surface area contributed by atoms with E-state index in [1.54, 1.807) is 0 Å². The second kappa shape index (κ2) is 3.86. The monoisotopic (exact) mass is 214 g/mol. The summed E-state index contributed by atoms with van der Waals surface area (Å²) in [6, 6.07) is 0. The van der Waals surface area contributed by atoms with Gasteiger partial charge < -0.3 is 4.79 Å². The lowest BCUT2D eigenvalue weighted by Gasteiger charge is -2.41. The van der Waals surface area contributed by atoms with Crippen LogP contribution < -0.4 is 0 Å². The molecule has 0 aliphatic heterocycles. The summed E-state index contributed by atoms with van der Waals surface area (Å²) in [6.45, 7) is 0. The van der Waals surface area contributed by atoms with Crippen LogP contribution in [0.3, 0.4) is 0 Å². The second-order valence-corrected chi connectivity index (χ2v) is 9.97. The molecule has 0 saturated heterocycles. The zero-order valence-corrected chi connectivity index (χ0v) is 9.73. The molecule has 1 unspecified atom stereocenters. The summed E-state index contributed by atoms with van der Waals surface area (Å²) < 4.78 is 12.7.